The van der Waals surface area contributed by atoms with Crippen LogP contribution in [0.3, 0.4) is 0 Å². The van der Waals surface area contributed by atoms with Crippen molar-refractivity contribution >= 4 is 29.5 Å². The lowest BCUT2D eigenvalue weighted by Gasteiger charge is -2.10. The molecule has 1 aromatic carbocycles. The molecule has 9 nitrogen and oxygen atoms in total. The second kappa shape index (κ2) is 9.26. The Morgan fingerprint density at radius 3 is 1.88 bits per heavy atom. The zero-order valence-corrected chi connectivity index (χ0v) is 13.4. The molecule has 0 atom stereocenters. The van der Waals surface area contributed by atoms with E-state index in [4.69, 9.17) is 0 Å². The number of rotatable bonds is 7. The molecular weight excluding hydrogens is 322 g/mol. The summed E-state index contributed by atoms with van der Waals surface area (Å²) in [7, 11) is 3.68. The first-order valence-corrected chi connectivity index (χ1v) is 6.67. The fourth-order valence-corrected chi connectivity index (χ4v) is 1.67. The Balaban J connectivity index is 2.89. The Labute approximate surface area is 137 Å². The minimum absolute atomic E-state index is 0.0482. The molecular formula is C15H17NO8. The maximum atomic E-state index is 11.8. The number of carbonyl (C=O) groups excluding carboxylic acids is 4. The third kappa shape index (κ3) is 5.69. The van der Waals surface area contributed by atoms with Crippen LogP contribution in [-0.4, -0.2) is 58.4 Å². The van der Waals surface area contributed by atoms with E-state index in [1.807, 2.05) is 0 Å². The average Bonchev–Trinajstić information content (AvgIpc) is 2.58. The molecule has 0 aliphatic rings. The number of amides is 1. The third-order valence-electron chi connectivity index (χ3n) is 2.69. The van der Waals surface area contributed by atoms with Gasteiger partial charge in [0.1, 0.15) is 6.61 Å². The van der Waals surface area contributed by atoms with E-state index in [1.165, 1.54) is 39.5 Å². The van der Waals surface area contributed by atoms with Crippen molar-refractivity contribution in [2.24, 2.45) is 0 Å². The molecule has 0 saturated heterocycles. The molecule has 24 heavy (non-hydrogen) atoms. The van der Waals surface area contributed by atoms with Crippen molar-refractivity contribution in [3.05, 3.63) is 29.3 Å². The van der Waals surface area contributed by atoms with E-state index in [-0.39, 0.29) is 23.4 Å². The van der Waals surface area contributed by atoms with Gasteiger partial charge in [-0.25, -0.2) is 14.4 Å². The smallest absolute Gasteiger partial charge is 0.337 e. The Morgan fingerprint density at radius 1 is 0.875 bits per heavy atom. The van der Waals surface area contributed by atoms with Crippen LogP contribution in [0.1, 0.15) is 20.7 Å². The van der Waals surface area contributed by atoms with Gasteiger partial charge in [0, 0.05) is 12.8 Å². The second-order valence-electron chi connectivity index (χ2n) is 4.42. The van der Waals surface area contributed by atoms with Crippen molar-refractivity contribution in [3.8, 4) is 0 Å². The molecule has 9 heteroatoms. The van der Waals surface area contributed by atoms with Crippen molar-refractivity contribution < 1.29 is 38.1 Å². The Hall–Kier alpha value is -2.94. The molecule has 0 radical (unpaired) electrons. The van der Waals surface area contributed by atoms with Crippen molar-refractivity contribution in [2.45, 2.75) is 0 Å². The summed E-state index contributed by atoms with van der Waals surface area (Å²) >= 11 is 0. The van der Waals surface area contributed by atoms with Gasteiger partial charge in [-0.2, -0.15) is 0 Å². The van der Waals surface area contributed by atoms with E-state index in [2.05, 4.69) is 24.3 Å². The molecule has 0 saturated carbocycles. The monoisotopic (exact) mass is 339 g/mol. The van der Waals surface area contributed by atoms with Crippen molar-refractivity contribution in [2.75, 3.05) is 39.9 Å². The molecule has 0 bridgehead atoms. The molecule has 0 unspecified atom stereocenters. The number of anilines is 1. The first kappa shape index (κ1) is 19.1. The van der Waals surface area contributed by atoms with Crippen LogP contribution in [0.4, 0.5) is 5.69 Å². The second-order valence-corrected chi connectivity index (χ2v) is 4.42. The standard InChI is InChI=1S/C15H17NO8/c1-21-8-13(18)24-7-12(17)16-11-5-9(14(19)22-2)4-10(6-11)15(20)23-3/h4-6H,7-8H2,1-3H3,(H,16,17). The van der Waals surface area contributed by atoms with Crippen molar-refractivity contribution in [1.82, 2.24) is 0 Å². The minimum Gasteiger partial charge on any atom is -0.465 e. The number of esters is 3. The highest BCUT2D eigenvalue weighted by atomic mass is 16.6. The SMILES string of the molecule is COCC(=O)OCC(=O)Nc1cc(C(=O)OC)cc(C(=O)OC)c1. The number of methoxy groups -OCH3 is 3. The topological polar surface area (TPSA) is 117 Å². The molecule has 1 aromatic rings. The normalized spacial score (nSPS) is 9.79. The van der Waals surface area contributed by atoms with Crippen LogP contribution >= 0.6 is 0 Å². The molecule has 1 rings (SSSR count). The highest BCUT2D eigenvalue weighted by Gasteiger charge is 2.15. The predicted molar refractivity (Wildman–Crippen MR) is 80.6 cm³/mol. The van der Waals surface area contributed by atoms with E-state index in [0.29, 0.717) is 0 Å². The molecule has 0 heterocycles. The Kier molecular flexibility index (Phi) is 7.37. The molecule has 0 fully saturated rings. The predicted octanol–water partition coefficient (Wildman–Crippen LogP) is 0.388. The summed E-state index contributed by atoms with van der Waals surface area (Å²) in [5, 5.41) is 2.41. The molecule has 130 valence electrons. The van der Waals surface area contributed by atoms with E-state index in [9.17, 15) is 19.2 Å². The molecule has 0 aliphatic carbocycles. The molecule has 1 N–H and O–H groups in total. The lowest BCUT2D eigenvalue weighted by Crippen LogP contribution is -2.23. The van der Waals surface area contributed by atoms with Gasteiger partial charge in [0.25, 0.3) is 5.91 Å². The minimum atomic E-state index is -0.703. The zero-order valence-electron chi connectivity index (χ0n) is 13.4. The summed E-state index contributed by atoms with van der Waals surface area (Å²) in [6, 6.07) is 3.90. The molecule has 0 aliphatic heterocycles. The van der Waals surface area contributed by atoms with Gasteiger partial charge in [-0.1, -0.05) is 0 Å². The summed E-state index contributed by atoms with van der Waals surface area (Å²) in [6.07, 6.45) is 0. The van der Waals surface area contributed by atoms with Gasteiger partial charge < -0.3 is 24.3 Å². The van der Waals surface area contributed by atoms with E-state index in [1.54, 1.807) is 0 Å². The van der Waals surface area contributed by atoms with Gasteiger partial charge in [0.15, 0.2) is 6.61 Å². The first-order chi connectivity index (χ1) is 11.4. The van der Waals surface area contributed by atoms with Crippen LogP contribution in [0.15, 0.2) is 18.2 Å². The van der Waals surface area contributed by atoms with E-state index in [0.717, 1.165) is 0 Å². The summed E-state index contributed by atoms with van der Waals surface area (Å²) in [5.41, 5.74) is 0.241. The fraction of sp³-hybridized carbons (Fsp3) is 0.333. The van der Waals surface area contributed by atoms with Gasteiger partial charge in [0.2, 0.25) is 0 Å². The van der Waals surface area contributed by atoms with Crippen LogP contribution in [0.25, 0.3) is 0 Å². The van der Waals surface area contributed by atoms with Crippen molar-refractivity contribution in [3.63, 3.8) is 0 Å². The highest BCUT2D eigenvalue weighted by Crippen LogP contribution is 2.17. The van der Waals surface area contributed by atoms with Gasteiger partial charge in [-0.15, -0.1) is 0 Å². The number of hydrogen-bond donors (Lipinski definition) is 1. The maximum absolute atomic E-state index is 11.8. The fourth-order valence-electron chi connectivity index (χ4n) is 1.67. The summed E-state index contributed by atoms with van der Waals surface area (Å²) in [6.45, 7) is -0.824. The number of benzene rings is 1. The quantitative estimate of drug-likeness (QED) is 0.560. The number of hydrogen-bond acceptors (Lipinski definition) is 8. The number of ether oxygens (including phenoxy) is 4. The Morgan fingerprint density at radius 2 is 1.42 bits per heavy atom. The van der Waals surface area contributed by atoms with Crippen LogP contribution in [0.2, 0.25) is 0 Å². The summed E-state index contributed by atoms with van der Waals surface area (Å²) in [5.74, 6) is -2.74. The van der Waals surface area contributed by atoms with Crippen LogP contribution in [-0.2, 0) is 28.5 Å². The van der Waals surface area contributed by atoms with E-state index < -0.39 is 30.4 Å². The van der Waals surface area contributed by atoms with Gasteiger partial charge in [0.05, 0.1) is 25.3 Å². The number of carbonyl (C=O) groups is 4. The van der Waals surface area contributed by atoms with Crippen molar-refractivity contribution in [1.29, 1.82) is 0 Å². The van der Waals surface area contributed by atoms with Crippen LogP contribution in [0.5, 0.6) is 0 Å². The lowest BCUT2D eigenvalue weighted by molar-refractivity contribution is -0.150. The third-order valence-corrected chi connectivity index (χ3v) is 2.69. The van der Waals surface area contributed by atoms with Gasteiger partial charge >= 0.3 is 17.9 Å². The summed E-state index contributed by atoms with van der Waals surface area (Å²) in [4.78, 5) is 46.1. The lowest BCUT2D eigenvalue weighted by atomic mass is 10.1. The van der Waals surface area contributed by atoms with Crippen LogP contribution in [0, 0.1) is 0 Å². The van der Waals surface area contributed by atoms with Gasteiger partial charge in [-0.05, 0) is 18.2 Å². The number of nitrogens with one attached hydrogen (secondary N) is 1. The average molecular weight is 339 g/mol. The summed E-state index contributed by atoms with van der Waals surface area (Å²) < 4.78 is 18.4. The molecule has 1 amide bonds. The zero-order chi connectivity index (χ0) is 18.1. The Bertz CT molecular complexity index is 606. The maximum Gasteiger partial charge on any atom is 0.337 e. The van der Waals surface area contributed by atoms with Gasteiger partial charge in [-0.3, -0.25) is 4.79 Å². The highest BCUT2D eigenvalue weighted by molar-refractivity contribution is 5.99. The van der Waals surface area contributed by atoms with E-state index >= 15 is 0 Å². The largest absolute Gasteiger partial charge is 0.465 e. The first-order valence-electron chi connectivity index (χ1n) is 6.67. The van der Waals surface area contributed by atoms with Crippen LogP contribution < -0.4 is 5.32 Å². The molecule has 0 spiro atoms. The molecule has 0 aromatic heterocycles.